The van der Waals surface area contributed by atoms with Crippen molar-refractivity contribution in [2.45, 2.75) is 12.5 Å². The van der Waals surface area contributed by atoms with Gasteiger partial charge >= 0.3 is 5.97 Å². The van der Waals surface area contributed by atoms with E-state index in [9.17, 15) is 14.7 Å². The number of ether oxygens (including phenoxy) is 1. The second-order valence-corrected chi connectivity index (χ2v) is 5.30. The predicted octanol–water partition coefficient (Wildman–Crippen LogP) is 2.56. The minimum absolute atomic E-state index is 0.0575. The molecule has 0 aromatic heterocycles. The van der Waals surface area contributed by atoms with Crippen molar-refractivity contribution in [2.75, 3.05) is 7.11 Å². The van der Waals surface area contributed by atoms with Crippen LogP contribution in [0.15, 0.2) is 48.5 Å². The highest BCUT2D eigenvalue weighted by Gasteiger charge is 2.23. The Labute approximate surface area is 138 Å². The average molecular weight is 334 g/mol. The second kappa shape index (κ2) is 7.65. The van der Waals surface area contributed by atoms with Gasteiger partial charge in [-0.2, -0.15) is 0 Å². The Morgan fingerprint density at radius 3 is 2.43 bits per heavy atom. The first-order valence-corrected chi connectivity index (χ1v) is 7.30. The van der Waals surface area contributed by atoms with E-state index in [2.05, 4.69) is 5.32 Å². The molecule has 0 aliphatic heterocycles. The second-order valence-electron chi connectivity index (χ2n) is 4.89. The molecular weight excluding hydrogens is 318 g/mol. The van der Waals surface area contributed by atoms with Gasteiger partial charge in [-0.25, -0.2) is 4.79 Å². The number of carbonyl (C=O) groups excluding carboxylic acids is 2. The molecule has 0 heterocycles. The Bertz CT molecular complexity index is 700. The van der Waals surface area contributed by atoms with Gasteiger partial charge in [0.2, 0.25) is 0 Å². The molecule has 5 nitrogen and oxygen atoms in total. The number of carbonyl (C=O) groups is 2. The summed E-state index contributed by atoms with van der Waals surface area (Å²) in [6.45, 7) is 0. The lowest BCUT2D eigenvalue weighted by atomic mass is 10.1. The van der Waals surface area contributed by atoms with Crippen molar-refractivity contribution >= 4 is 23.5 Å². The Balaban J connectivity index is 2.16. The van der Waals surface area contributed by atoms with Crippen LogP contribution in [0, 0.1) is 0 Å². The van der Waals surface area contributed by atoms with E-state index in [0.29, 0.717) is 10.6 Å². The van der Waals surface area contributed by atoms with Crippen LogP contribution in [0.2, 0.25) is 5.02 Å². The van der Waals surface area contributed by atoms with Gasteiger partial charge in [0.1, 0.15) is 11.8 Å². The minimum atomic E-state index is -0.860. The maximum atomic E-state index is 12.2. The maximum Gasteiger partial charge on any atom is 0.328 e. The number of halogens is 1. The van der Waals surface area contributed by atoms with E-state index in [1.54, 1.807) is 24.3 Å². The fourth-order valence-electron chi connectivity index (χ4n) is 2.07. The maximum absolute atomic E-state index is 12.2. The van der Waals surface area contributed by atoms with Crippen LogP contribution < -0.4 is 5.32 Å². The topological polar surface area (TPSA) is 75.6 Å². The molecule has 120 valence electrons. The lowest BCUT2D eigenvalue weighted by molar-refractivity contribution is -0.142. The zero-order chi connectivity index (χ0) is 16.8. The van der Waals surface area contributed by atoms with Gasteiger partial charge in [0.25, 0.3) is 5.91 Å². The molecule has 2 aromatic rings. The van der Waals surface area contributed by atoms with Gasteiger partial charge in [0, 0.05) is 17.0 Å². The van der Waals surface area contributed by atoms with Gasteiger partial charge in [-0.1, -0.05) is 29.8 Å². The van der Waals surface area contributed by atoms with Crippen molar-refractivity contribution in [1.29, 1.82) is 0 Å². The number of rotatable bonds is 5. The Morgan fingerprint density at radius 2 is 1.83 bits per heavy atom. The van der Waals surface area contributed by atoms with Crippen LogP contribution in [0.4, 0.5) is 0 Å². The molecule has 1 atom stereocenters. The van der Waals surface area contributed by atoms with Crippen LogP contribution in [-0.4, -0.2) is 30.1 Å². The molecule has 0 aliphatic rings. The third kappa shape index (κ3) is 4.47. The summed E-state index contributed by atoms with van der Waals surface area (Å²) in [6, 6.07) is 12.0. The molecule has 0 unspecified atom stereocenters. The van der Waals surface area contributed by atoms with Gasteiger partial charge in [-0.05, 0) is 35.9 Å². The molecule has 0 aliphatic carbocycles. The molecule has 2 N–H and O–H groups in total. The molecule has 0 saturated carbocycles. The number of esters is 1. The number of amides is 1. The number of nitrogens with one attached hydrogen (secondary N) is 1. The van der Waals surface area contributed by atoms with E-state index >= 15 is 0 Å². The lowest BCUT2D eigenvalue weighted by Gasteiger charge is -2.17. The number of hydrogen-bond acceptors (Lipinski definition) is 4. The summed E-state index contributed by atoms with van der Waals surface area (Å²) < 4.78 is 4.74. The third-order valence-corrected chi connectivity index (χ3v) is 3.67. The molecule has 1 amide bonds. The van der Waals surface area contributed by atoms with Crippen LogP contribution in [0.3, 0.4) is 0 Å². The number of phenols is 1. The predicted molar refractivity (Wildman–Crippen MR) is 86.5 cm³/mol. The zero-order valence-corrected chi connectivity index (χ0v) is 13.2. The van der Waals surface area contributed by atoms with Crippen LogP contribution in [-0.2, 0) is 16.0 Å². The fraction of sp³-hybridized carbons (Fsp3) is 0.176. The van der Waals surface area contributed by atoms with E-state index in [1.165, 1.54) is 31.4 Å². The number of benzene rings is 2. The molecule has 2 rings (SSSR count). The van der Waals surface area contributed by atoms with Gasteiger partial charge in [0.15, 0.2) is 0 Å². The standard InChI is InChI=1S/C17H16ClNO4/c1-23-17(22)15(10-12-4-2-3-5-14(12)18)19-16(21)11-6-8-13(20)9-7-11/h2-9,15,20H,10H2,1H3,(H,19,21)/t15-/m1/s1. The highest BCUT2D eigenvalue weighted by Crippen LogP contribution is 2.17. The molecular formula is C17H16ClNO4. The number of hydrogen-bond donors (Lipinski definition) is 2. The van der Waals surface area contributed by atoms with Gasteiger partial charge < -0.3 is 15.2 Å². The third-order valence-electron chi connectivity index (χ3n) is 3.30. The normalized spacial score (nSPS) is 11.6. The quantitative estimate of drug-likeness (QED) is 0.825. The van der Waals surface area contributed by atoms with Crippen molar-refractivity contribution in [3.8, 4) is 5.75 Å². The lowest BCUT2D eigenvalue weighted by Crippen LogP contribution is -2.43. The number of methoxy groups -OCH3 is 1. The van der Waals surface area contributed by atoms with Crippen molar-refractivity contribution < 1.29 is 19.4 Å². The minimum Gasteiger partial charge on any atom is -0.508 e. The summed E-state index contributed by atoms with van der Waals surface area (Å²) >= 11 is 6.09. The molecule has 0 bridgehead atoms. The van der Waals surface area contributed by atoms with Crippen LogP contribution >= 0.6 is 11.6 Å². The molecule has 2 aromatic carbocycles. The van der Waals surface area contributed by atoms with Crippen molar-refractivity contribution in [3.63, 3.8) is 0 Å². The summed E-state index contributed by atoms with van der Waals surface area (Å²) in [5.74, 6) is -0.938. The fourth-order valence-corrected chi connectivity index (χ4v) is 2.29. The number of phenolic OH excluding ortho intramolecular Hbond substituents is 1. The SMILES string of the molecule is COC(=O)[C@@H](Cc1ccccc1Cl)NC(=O)c1ccc(O)cc1. The average Bonchev–Trinajstić information content (AvgIpc) is 2.56. The Kier molecular flexibility index (Phi) is 5.60. The highest BCUT2D eigenvalue weighted by molar-refractivity contribution is 6.31. The van der Waals surface area contributed by atoms with Crippen molar-refractivity contribution in [3.05, 3.63) is 64.7 Å². The summed E-state index contributed by atoms with van der Waals surface area (Å²) in [5, 5.41) is 12.4. The van der Waals surface area contributed by atoms with Crippen LogP contribution in [0.25, 0.3) is 0 Å². The molecule has 23 heavy (non-hydrogen) atoms. The van der Waals surface area contributed by atoms with E-state index in [0.717, 1.165) is 5.56 Å². The van der Waals surface area contributed by atoms with Crippen LogP contribution in [0.1, 0.15) is 15.9 Å². The first-order valence-electron chi connectivity index (χ1n) is 6.92. The highest BCUT2D eigenvalue weighted by atomic mass is 35.5. The van der Waals surface area contributed by atoms with Crippen LogP contribution in [0.5, 0.6) is 5.75 Å². The van der Waals surface area contributed by atoms with Crippen molar-refractivity contribution in [1.82, 2.24) is 5.32 Å². The Hall–Kier alpha value is -2.53. The van der Waals surface area contributed by atoms with Crippen molar-refractivity contribution in [2.24, 2.45) is 0 Å². The van der Waals surface area contributed by atoms with Gasteiger partial charge in [-0.15, -0.1) is 0 Å². The van der Waals surface area contributed by atoms with Gasteiger partial charge in [0.05, 0.1) is 7.11 Å². The molecule has 0 radical (unpaired) electrons. The first kappa shape index (κ1) is 16.8. The smallest absolute Gasteiger partial charge is 0.328 e. The van der Waals surface area contributed by atoms with Gasteiger partial charge in [-0.3, -0.25) is 4.79 Å². The summed E-state index contributed by atoms with van der Waals surface area (Å²) in [4.78, 5) is 24.2. The summed E-state index contributed by atoms with van der Waals surface area (Å²) in [6.07, 6.45) is 0.218. The molecule has 0 saturated heterocycles. The monoisotopic (exact) mass is 333 g/mol. The molecule has 0 fully saturated rings. The summed E-state index contributed by atoms with van der Waals surface area (Å²) in [7, 11) is 1.26. The summed E-state index contributed by atoms with van der Waals surface area (Å²) in [5.41, 5.74) is 1.06. The molecule has 6 heteroatoms. The van der Waals surface area contributed by atoms with E-state index < -0.39 is 17.9 Å². The van der Waals surface area contributed by atoms with E-state index in [1.807, 2.05) is 0 Å². The molecule has 0 spiro atoms. The first-order chi connectivity index (χ1) is 11.0. The zero-order valence-electron chi connectivity index (χ0n) is 12.5. The van der Waals surface area contributed by atoms with E-state index in [-0.39, 0.29) is 12.2 Å². The Morgan fingerprint density at radius 1 is 1.17 bits per heavy atom. The largest absolute Gasteiger partial charge is 0.508 e. The number of aromatic hydroxyl groups is 1. The van der Waals surface area contributed by atoms with E-state index in [4.69, 9.17) is 16.3 Å².